The Kier molecular flexibility index (Phi) is 4.37. The highest BCUT2D eigenvalue weighted by atomic mass is 32.2. The van der Waals surface area contributed by atoms with Crippen LogP contribution in [0.4, 0.5) is 0 Å². The number of carbonyl (C=O) groups is 2. The summed E-state index contributed by atoms with van der Waals surface area (Å²) in [4.78, 5) is 24.6. The second kappa shape index (κ2) is 6.05. The maximum atomic E-state index is 12.1. The van der Waals surface area contributed by atoms with Gasteiger partial charge in [-0.15, -0.1) is 11.8 Å². The molecule has 2 aromatic carbocycles. The average molecular weight is 306 g/mol. The van der Waals surface area contributed by atoms with E-state index in [0.717, 1.165) is 0 Å². The van der Waals surface area contributed by atoms with Crippen molar-refractivity contribution in [1.29, 1.82) is 0 Å². The summed E-state index contributed by atoms with van der Waals surface area (Å²) in [7, 11) is 2.41. The summed E-state index contributed by atoms with van der Waals surface area (Å²) in [5.41, 5.74) is -0.152. The molecule has 2 aromatic rings. The Hall–Kier alpha value is -2.21. The van der Waals surface area contributed by atoms with Crippen molar-refractivity contribution in [2.75, 3.05) is 20.5 Å². The molecule has 0 saturated carbocycles. The van der Waals surface area contributed by atoms with E-state index in [2.05, 4.69) is 4.74 Å². The standard InChI is InChI=1S/C15H14O5S/c1-19-14(17)10-11(15(18)20-2)13(21-3)9-7-5-4-6-8(9)12(10)16/h4-7,16H,1-3H3. The summed E-state index contributed by atoms with van der Waals surface area (Å²) in [6.07, 6.45) is 1.78. The molecule has 110 valence electrons. The summed E-state index contributed by atoms with van der Waals surface area (Å²) in [5.74, 6) is -1.76. The van der Waals surface area contributed by atoms with E-state index >= 15 is 0 Å². The number of rotatable bonds is 3. The molecule has 21 heavy (non-hydrogen) atoms. The van der Waals surface area contributed by atoms with Gasteiger partial charge in [-0.25, -0.2) is 9.59 Å². The molecule has 0 aliphatic carbocycles. The van der Waals surface area contributed by atoms with Crippen molar-refractivity contribution in [2.24, 2.45) is 0 Å². The molecule has 0 heterocycles. The molecule has 0 bridgehead atoms. The van der Waals surface area contributed by atoms with E-state index < -0.39 is 11.9 Å². The number of hydrogen-bond acceptors (Lipinski definition) is 6. The molecule has 0 aliphatic rings. The number of ether oxygens (including phenoxy) is 2. The Bertz CT molecular complexity index is 724. The van der Waals surface area contributed by atoms with Crippen LogP contribution in [-0.4, -0.2) is 37.5 Å². The van der Waals surface area contributed by atoms with E-state index in [1.165, 1.54) is 26.0 Å². The molecule has 0 aliphatic heterocycles. The van der Waals surface area contributed by atoms with Crippen molar-refractivity contribution in [1.82, 2.24) is 0 Å². The SMILES string of the molecule is COC(=O)c1c(C(=O)OC)c(SC)c2ccccc2c1O. The fourth-order valence-corrected chi connectivity index (χ4v) is 2.99. The number of thioether (sulfide) groups is 1. The first-order valence-electron chi connectivity index (χ1n) is 6.05. The largest absolute Gasteiger partial charge is 0.506 e. The first-order chi connectivity index (χ1) is 10.1. The Morgan fingerprint density at radius 3 is 2.05 bits per heavy atom. The molecular formula is C15H14O5S. The molecule has 5 nitrogen and oxygen atoms in total. The number of methoxy groups -OCH3 is 2. The van der Waals surface area contributed by atoms with Gasteiger partial charge >= 0.3 is 11.9 Å². The first kappa shape index (κ1) is 15.2. The molecule has 2 rings (SSSR count). The maximum absolute atomic E-state index is 12.1. The van der Waals surface area contributed by atoms with Gasteiger partial charge in [0.2, 0.25) is 0 Å². The normalized spacial score (nSPS) is 10.4. The molecule has 0 aromatic heterocycles. The van der Waals surface area contributed by atoms with E-state index in [0.29, 0.717) is 15.7 Å². The summed E-state index contributed by atoms with van der Waals surface area (Å²) >= 11 is 1.30. The number of carbonyl (C=O) groups excluding carboxylic acids is 2. The van der Waals surface area contributed by atoms with Crippen LogP contribution < -0.4 is 0 Å². The lowest BCUT2D eigenvalue weighted by Crippen LogP contribution is -2.14. The van der Waals surface area contributed by atoms with Crippen molar-refractivity contribution in [2.45, 2.75) is 4.90 Å². The summed E-state index contributed by atoms with van der Waals surface area (Å²) < 4.78 is 9.43. The first-order valence-corrected chi connectivity index (χ1v) is 7.27. The number of aromatic hydroxyl groups is 1. The van der Waals surface area contributed by atoms with Crippen molar-refractivity contribution >= 4 is 34.5 Å². The van der Waals surface area contributed by atoms with Crippen LogP contribution >= 0.6 is 11.8 Å². The third kappa shape index (κ3) is 2.42. The molecule has 0 spiro atoms. The zero-order valence-electron chi connectivity index (χ0n) is 11.8. The van der Waals surface area contributed by atoms with Crippen LogP contribution in [0.5, 0.6) is 5.75 Å². The van der Waals surface area contributed by atoms with E-state index in [1.54, 1.807) is 30.5 Å². The van der Waals surface area contributed by atoms with Crippen LogP contribution in [0.1, 0.15) is 20.7 Å². The van der Waals surface area contributed by atoms with Crippen LogP contribution in [0.2, 0.25) is 0 Å². The number of benzene rings is 2. The van der Waals surface area contributed by atoms with E-state index in [4.69, 9.17) is 4.74 Å². The second-order valence-electron chi connectivity index (χ2n) is 4.16. The van der Waals surface area contributed by atoms with E-state index in [9.17, 15) is 14.7 Å². The minimum atomic E-state index is -0.783. The average Bonchev–Trinajstić information content (AvgIpc) is 2.53. The number of fused-ring (bicyclic) bond motifs is 1. The summed E-state index contributed by atoms with van der Waals surface area (Å²) in [5, 5.41) is 11.5. The van der Waals surface area contributed by atoms with E-state index in [-0.39, 0.29) is 16.9 Å². The zero-order valence-corrected chi connectivity index (χ0v) is 12.6. The van der Waals surface area contributed by atoms with E-state index in [1.807, 2.05) is 0 Å². The van der Waals surface area contributed by atoms with Crippen LogP contribution in [0.25, 0.3) is 10.8 Å². The van der Waals surface area contributed by atoms with Crippen LogP contribution in [0, 0.1) is 0 Å². The van der Waals surface area contributed by atoms with Gasteiger partial charge in [0, 0.05) is 10.3 Å². The molecule has 0 unspecified atom stereocenters. The molecule has 0 atom stereocenters. The number of hydrogen-bond donors (Lipinski definition) is 1. The van der Waals surface area contributed by atoms with Crippen LogP contribution in [0.15, 0.2) is 29.2 Å². The van der Waals surface area contributed by atoms with Gasteiger partial charge in [0.1, 0.15) is 11.3 Å². The molecule has 0 amide bonds. The van der Waals surface area contributed by atoms with Crippen LogP contribution in [-0.2, 0) is 9.47 Å². The summed E-state index contributed by atoms with van der Waals surface area (Å²) in [6.45, 7) is 0. The van der Waals surface area contributed by atoms with Gasteiger partial charge in [0.25, 0.3) is 0 Å². The molecular weight excluding hydrogens is 292 g/mol. The Balaban J connectivity index is 3.00. The van der Waals surface area contributed by atoms with Crippen molar-refractivity contribution in [3.05, 3.63) is 35.4 Å². The quantitative estimate of drug-likeness (QED) is 0.694. The fourth-order valence-electron chi connectivity index (χ4n) is 2.20. The maximum Gasteiger partial charge on any atom is 0.342 e. The van der Waals surface area contributed by atoms with Gasteiger partial charge in [0.15, 0.2) is 0 Å². The van der Waals surface area contributed by atoms with Gasteiger partial charge in [-0.05, 0) is 11.6 Å². The Morgan fingerprint density at radius 2 is 1.52 bits per heavy atom. The lowest BCUT2D eigenvalue weighted by atomic mass is 9.99. The predicted octanol–water partition coefficient (Wildman–Crippen LogP) is 2.84. The molecule has 6 heteroatoms. The predicted molar refractivity (Wildman–Crippen MR) is 80.1 cm³/mol. The van der Waals surface area contributed by atoms with Crippen molar-refractivity contribution < 1.29 is 24.2 Å². The highest BCUT2D eigenvalue weighted by Gasteiger charge is 2.29. The molecule has 1 N–H and O–H groups in total. The lowest BCUT2D eigenvalue weighted by Gasteiger charge is -2.15. The van der Waals surface area contributed by atoms with Crippen molar-refractivity contribution in [3.8, 4) is 5.75 Å². The van der Waals surface area contributed by atoms with Crippen LogP contribution in [0.3, 0.4) is 0 Å². The van der Waals surface area contributed by atoms with Crippen molar-refractivity contribution in [3.63, 3.8) is 0 Å². The topological polar surface area (TPSA) is 72.8 Å². The third-order valence-corrected chi connectivity index (χ3v) is 3.96. The fraction of sp³-hybridized carbons (Fsp3) is 0.200. The molecule has 0 radical (unpaired) electrons. The Morgan fingerprint density at radius 1 is 1.00 bits per heavy atom. The van der Waals surface area contributed by atoms with Gasteiger partial charge in [-0.2, -0.15) is 0 Å². The minimum Gasteiger partial charge on any atom is -0.506 e. The highest BCUT2D eigenvalue weighted by molar-refractivity contribution is 7.99. The summed E-state index contributed by atoms with van der Waals surface area (Å²) in [6, 6.07) is 6.98. The smallest absolute Gasteiger partial charge is 0.342 e. The lowest BCUT2D eigenvalue weighted by molar-refractivity contribution is 0.0549. The minimum absolute atomic E-state index is 0.0213. The number of phenolic OH excluding ortho intramolecular Hbond substituents is 1. The molecule has 0 saturated heterocycles. The monoisotopic (exact) mass is 306 g/mol. The van der Waals surface area contributed by atoms with Gasteiger partial charge in [-0.1, -0.05) is 24.3 Å². The third-order valence-electron chi connectivity index (χ3n) is 3.12. The molecule has 0 fully saturated rings. The van der Waals surface area contributed by atoms with Gasteiger partial charge < -0.3 is 14.6 Å². The van der Waals surface area contributed by atoms with Gasteiger partial charge in [-0.3, -0.25) is 0 Å². The number of phenols is 1. The second-order valence-corrected chi connectivity index (χ2v) is 4.98. The number of esters is 2. The Labute approximate surface area is 125 Å². The van der Waals surface area contributed by atoms with Gasteiger partial charge in [0.05, 0.1) is 19.8 Å². The highest BCUT2D eigenvalue weighted by Crippen LogP contribution is 2.40. The zero-order chi connectivity index (χ0) is 15.6.